The van der Waals surface area contributed by atoms with Gasteiger partial charge < -0.3 is 19.9 Å². The average Bonchev–Trinajstić information content (AvgIpc) is 3.29. The van der Waals surface area contributed by atoms with Crippen LogP contribution in [-0.4, -0.2) is 65.3 Å². The van der Waals surface area contributed by atoms with Gasteiger partial charge in [-0.3, -0.25) is 14.4 Å². The second-order valence-corrected chi connectivity index (χ2v) is 7.56. The zero-order valence-electron chi connectivity index (χ0n) is 16.8. The molecule has 0 bridgehead atoms. The van der Waals surface area contributed by atoms with Crippen LogP contribution in [0.3, 0.4) is 0 Å². The molecular formula is C21H29N3O4. The van der Waals surface area contributed by atoms with Crippen molar-refractivity contribution in [3.63, 3.8) is 0 Å². The van der Waals surface area contributed by atoms with E-state index in [-0.39, 0.29) is 23.8 Å². The first kappa shape index (κ1) is 20.2. The number of carbonyl (C=O) groups is 3. The van der Waals surface area contributed by atoms with Gasteiger partial charge in [-0.25, -0.2) is 0 Å². The number of rotatable bonds is 6. The summed E-state index contributed by atoms with van der Waals surface area (Å²) < 4.78 is 5.57. The van der Waals surface area contributed by atoms with Gasteiger partial charge in [0.2, 0.25) is 11.8 Å². The van der Waals surface area contributed by atoms with Gasteiger partial charge in [-0.15, -0.1) is 0 Å². The molecule has 0 saturated carbocycles. The molecule has 2 unspecified atom stereocenters. The average molecular weight is 387 g/mol. The minimum absolute atomic E-state index is 0.0408. The number of nitrogens with zero attached hydrogens (tertiary/aromatic N) is 2. The molecule has 7 heteroatoms. The lowest BCUT2D eigenvalue weighted by molar-refractivity contribution is -0.134. The lowest BCUT2D eigenvalue weighted by Gasteiger charge is -2.26. The predicted molar refractivity (Wildman–Crippen MR) is 105 cm³/mol. The van der Waals surface area contributed by atoms with Gasteiger partial charge in [0.1, 0.15) is 17.8 Å². The van der Waals surface area contributed by atoms with Crippen molar-refractivity contribution in [3.8, 4) is 5.75 Å². The summed E-state index contributed by atoms with van der Waals surface area (Å²) >= 11 is 0. The molecule has 2 saturated heterocycles. The summed E-state index contributed by atoms with van der Waals surface area (Å²) in [5.74, 6) is 0.0347. The zero-order chi connectivity index (χ0) is 20.3. The maximum Gasteiger partial charge on any atom is 0.258 e. The van der Waals surface area contributed by atoms with Gasteiger partial charge in [-0.2, -0.15) is 0 Å². The number of benzene rings is 1. The van der Waals surface area contributed by atoms with E-state index < -0.39 is 12.1 Å². The number of likely N-dealkylation sites (tertiary alicyclic amines) is 2. The van der Waals surface area contributed by atoms with Gasteiger partial charge in [0, 0.05) is 19.1 Å². The summed E-state index contributed by atoms with van der Waals surface area (Å²) in [5, 5.41) is 2.88. The molecule has 3 rings (SSSR count). The molecule has 28 heavy (non-hydrogen) atoms. The van der Waals surface area contributed by atoms with Crippen LogP contribution in [0.15, 0.2) is 24.3 Å². The van der Waals surface area contributed by atoms with Gasteiger partial charge in [-0.1, -0.05) is 12.1 Å². The quantitative estimate of drug-likeness (QED) is 0.808. The van der Waals surface area contributed by atoms with Crippen LogP contribution in [0, 0.1) is 0 Å². The fourth-order valence-corrected chi connectivity index (χ4v) is 3.98. The predicted octanol–water partition coefficient (Wildman–Crippen LogP) is 1.82. The molecule has 0 aromatic heterocycles. The van der Waals surface area contributed by atoms with Crippen molar-refractivity contribution < 1.29 is 19.1 Å². The van der Waals surface area contributed by atoms with Crippen molar-refractivity contribution in [3.05, 3.63) is 29.8 Å². The van der Waals surface area contributed by atoms with E-state index in [1.54, 1.807) is 28.0 Å². The highest BCUT2D eigenvalue weighted by atomic mass is 16.5. The molecule has 1 N–H and O–H groups in total. The minimum atomic E-state index is -0.553. The molecule has 2 heterocycles. The molecule has 0 aliphatic carbocycles. The van der Waals surface area contributed by atoms with Crippen molar-refractivity contribution in [2.45, 2.75) is 58.2 Å². The van der Waals surface area contributed by atoms with E-state index in [1.807, 2.05) is 26.8 Å². The van der Waals surface area contributed by atoms with Crippen LogP contribution in [0.1, 0.15) is 50.4 Å². The number of amides is 3. The SMILES string of the molecule is CCOc1ccccc1C(=O)N1CCCC1C(=O)NC1CCN(C(C)C)C1=O. The Kier molecular flexibility index (Phi) is 6.21. The largest absolute Gasteiger partial charge is 0.493 e. The van der Waals surface area contributed by atoms with E-state index >= 15 is 0 Å². The lowest BCUT2D eigenvalue weighted by atomic mass is 10.1. The highest BCUT2D eigenvalue weighted by molar-refractivity contribution is 6.00. The van der Waals surface area contributed by atoms with Crippen LogP contribution in [0.5, 0.6) is 5.75 Å². The van der Waals surface area contributed by atoms with Crippen molar-refractivity contribution in [1.29, 1.82) is 0 Å². The van der Waals surface area contributed by atoms with Crippen molar-refractivity contribution in [2.24, 2.45) is 0 Å². The number of carbonyl (C=O) groups excluding carboxylic acids is 3. The van der Waals surface area contributed by atoms with Gasteiger partial charge in [0.25, 0.3) is 5.91 Å². The van der Waals surface area contributed by atoms with E-state index in [2.05, 4.69) is 5.32 Å². The van der Waals surface area contributed by atoms with E-state index in [1.165, 1.54) is 0 Å². The van der Waals surface area contributed by atoms with Gasteiger partial charge in [0.15, 0.2) is 0 Å². The van der Waals surface area contributed by atoms with Gasteiger partial charge >= 0.3 is 0 Å². The molecule has 2 aliphatic heterocycles. The third kappa shape index (κ3) is 3.98. The Hall–Kier alpha value is -2.57. The number of nitrogens with one attached hydrogen (secondary N) is 1. The van der Waals surface area contributed by atoms with Crippen molar-refractivity contribution >= 4 is 17.7 Å². The van der Waals surface area contributed by atoms with Crippen LogP contribution in [0.2, 0.25) is 0 Å². The zero-order valence-corrected chi connectivity index (χ0v) is 16.8. The smallest absolute Gasteiger partial charge is 0.258 e. The van der Waals surface area contributed by atoms with E-state index in [0.29, 0.717) is 43.9 Å². The van der Waals surface area contributed by atoms with Crippen molar-refractivity contribution in [1.82, 2.24) is 15.1 Å². The summed E-state index contributed by atoms with van der Waals surface area (Å²) in [7, 11) is 0. The fourth-order valence-electron chi connectivity index (χ4n) is 3.98. The topological polar surface area (TPSA) is 79.0 Å². The highest BCUT2D eigenvalue weighted by Gasteiger charge is 2.39. The Labute approximate surface area is 166 Å². The molecule has 2 fully saturated rings. The number of hydrogen-bond acceptors (Lipinski definition) is 4. The monoisotopic (exact) mass is 387 g/mol. The third-order valence-electron chi connectivity index (χ3n) is 5.41. The molecule has 2 aliphatic rings. The summed E-state index contributed by atoms with van der Waals surface area (Å²) in [6.45, 7) is 7.44. The second-order valence-electron chi connectivity index (χ2n) is 7.56. The van der Waals surface area contributed by atoms with E-state index in [9.17, 15) is 14.4 Å². The first-order valence-electron chi connectivity index (χ1n) is 10.1. The standard InChI is InChI=1S/C21H29N3O4/c1-4-28-18-10-6-5-8-15(18)20(26)24-12-7-9-17(24)19(25)22-16-11-13-23(14(2)3)21(16)27/h5-6,8,10,14,16-17H,4,7,9,11-13H2,1-3H3,(H,22,25). The third-order valence-corrected chi connectivity index (χ3v) is 5.41. The molecule has 152 valence electrons. The molecular weight excluding hydrogens is 358 g/mol. The first-order valence-corrected chi connectivity index (χ1v) is 10.1. The minimum Gasteiger partial charge on any atom is -0.493 e. The first-order chi connectivity index (χ1) is 13.4. The summed E-state index contributed by atoms with van der Waals surface area (Å²) in [4.78, 5) is 41.8. The van der Waals surface area contributed by atoms with Crippen molar-refractivity contribution in [2.75, 3.05) is 19.7 Å². The normalized spacial score (nSPS) is 22.1. The summed E-state index contributed by atoms with van der Waals surface area (Å²) in [6, 6.07) is 6.17. The van der Waals surface area contributed by atoms with E-state index in [0.717, 1.165) is 6.42 Å². The van der Waals surface area contributed by atoms with Gasteiger partial charge in [-0.05, 0) is 52.2 Å². The Balaban J connectivity index is 1.70. The van der Waals surface area contributed by atoms with Crippen LogP contribution in [-0.2, 0) is 9.59 Å². The van der Waals surface area contributed by atoms with Gasteiger partial charge in [0.05, 0.1) is 12.2 Å². The highest BCUT2D eigenvalue weighted by Crippen LogP contribution is 2.26. The number of hydrogen-bond donors (Lipinski definition) is 1. The van der Waals surface area contributed by atoms with Crippen LogP contribution in [0.25, 0.3) is 0 Å². The summed E-state index contributed by atoms with van der Waals surface area (Å²) in [6.07, 6.45) is 1.97. The number of para-hydroxylation sites is 1. The van der Waals surface area contributed by atoms with Crippen LogP contribution >= 0.6 is 0 Å². The van der Waals surface area contributed by atoms with Crippen LogP contribution in [0.4, 0.5) is 0 Å². The molecule has 0 radical (unpaired) electrons. The fraction of sp³-hybridized carbons (Fsp3) is 0.571. The Morgan fingerprint density at radius 2 is 1.96 bits per heavy atom. The molecule has 7 nitrogen and oxygen atoms in total. The summed E-state index contributed by atoms with van der Waals surface area (Å²) in [5.41, 5.74) is 0.465. The molecule has 1 aromatic carbocycles. The lowest BCUT2D eigenvalue weighted by Crippen LogP contribution is -2.51. The maximum absolute atomic E-state index is 13.1. The molecule has 0 spiro atoms. The Morgan fingerprint density at radius 3 is 2.64 bits per heavy atom. The molecule has 1 aromatic rings. The Morgan fingerprint density at radius 1 is 1.21 bits per heavy atom. The van der Waals surface area contributed by atoms with Crippen LogP contribution < -0.4 is 10.1 Å². The second kappa shape index (κ2) is 8.63. The molecule has 3 amide bonds. The van der Waals surface area contributed by atoms with E-state index in [4.69, 9.17) is 4.74 Å². The molecule has 2 atom stereocenters. The maximum atomic E-state index is 13.1. The number of ether oxygens (including phenoxy) is 1. The Bertz CT molecular complexity index is 749.